The first kappa shape index (κ1) is 67.8. The maximum Gasteiger partial charge on any atom is 0.189 e. The number of hydrogen-bond acceptors (Lipinski definition) is 25. The lowest BCUT2D eigenvalue weighted by Gasteiger charge is -2.30. The molecule has 0 spiro atoms. The number of thiazole rings is 3. The highest BCUT2D eigenvalue weighted by molar-refractivity contribution is 7.18. The fourth-order valence-corrected chi connectivity index (χ4v) is 16.5. The number of ether oxygens (including phenoxy) is 9. The Hall–Kier alpha value is -6.20. The van der Waals surface area contributed by atoms with Crippen LogP contribution in [0.4, 0.5) is 32.5 Å². The van der Waals surface area contributed by atoms with Gasteiger partial charge in [-0.1, -0.05) is 57.5 Å². The Bertz CT molecular complexity index is 3720. The highest BCUT2D eigenvalue weighted by atomic mass is 35.5. The molecule has 15 rings (SSSR count). The molecular weight excluding hydrogens is 1330 g/mol. The number of anilines is 6. The van der Waals surface area contributed by atoms with Gasteiger partial charge in [-0.05, 0) is 78.4 Å². The average Bonchev–Trinajstić information content (AvgIpc) is 1.59. The summed E-state index contributed by atoms with van der Waals surface area (Å²) in [5.41, 5.74) is 9.46. The zero-order chi connectivity index (χ0) is 65.2. The van der Waals surface area contributed by atoms with E-state index in [0.717, 1.165) is 204 Å². The Kier molecular flexibility index (Phi) is 22.9. The van der Waals surface area contributed by atoms with Gasteiger partial charge in [0, 0.05) is 124 Å². The van der Waals surface area contributed by atoms with Crippen LogP contribution in [0.15, 0.2) is 42.0 Å². The summed E-state index contributed by atoms with van der Waals surface area (Å²) in [7, 11) is 4.96. The molecule has 502 valence electrons. The molecular formula is C66H76Cl3N9O13S3. The maximum absolute atomic E-state index is 13.2. The molecule has 3 aromatic carbocycles. The number of benzene rings is 3. The Morgan fingerprint density at radius 2 is 0.872 bits per heavy atom. The number of rotatable bonds is 13. The standard InChI is InChI=1S/C22H26ClN3O4S.C22H24ClN3O4S.C14H17NO3.C8H9ClN2O2S/c2*1-28-18-13-16-14(11-17(18)25-2-6-29-7-3-25)10-15(20(16)27)12-19-21(23)24-22(31-19)26-4-8-30-9-5-26;1-17-14-9-11-10(2-3-13(11)16)8-12(14)15-4-6-18-7-5-15;9-7-6(5-12)14-8(10-7)11-1-3-13-4-2-11/h11,13,15H,2-10,12H2,1H3;11-13H,2-10H2,1H3;8-9H,2-7H2,1H3;5H,1-4H2/b;15-12+;;. The largest absolute Gasteiger partial charge is 0.495 e. The number of Topliss-reactive ketones (excluding diaryl/α,β-unsaturated/α-hetero) is 3. The Morgan fingerprint density at radius 3 is 1.33 bits per heavy atom. The van der Waals surface area contributed by atoms with Crippen LogP contribution in [0.5, 0.6) is 17.2 Å². The van der Waals surface area contributed by atoms with Gasteiger partial charge in [-0.3, -0.25) is 19.2 Å². The van der Waals surface area contributed by atoms with Gasteiger partial charge in [-0.15, -0.1) is 11.3 Å². The molecule has 9 heterocycles. The van der Waals surface area contributed by atoms with E-state index in [0.29, 0.717) is 111 Å². The molecule has 0 N–H and O–H groups in total. The Balaban J connectivity index is 0.000000126. The van der Waals surface area contributed by atoms with Gasteiger partial charge in [0.05, 0.1) is 123 Å². The third-order valence-electron chi connectivity index (χ3n) is 17.7. The minimum Gasteiger partial charge on any atom is -0.495 e. The number of aldehydes is 1. The van der Waals surface area contributed by atoms with E-state index in [1.165, 1.54) is 22.7 Å². The van der Waals surface area contributed by atoms with Crippen LogP contribution >= 0.6 is 68.8 Å². The topological polar surface area (TPSA) is 209 Å². The molecule has 9 aliphatic rings. The van der Waals surface area contributed by atoms with Crippen molar-refractivity contribution in [3.8, 4) is 17.2 Å². The highest BCUT2D eigenvalue weighted by Gasteiger charge is 2.35. The van der Waals surface area contributed by atoms with Crippen molar-refractivity contribution in [2.45, 2.75) is 32.1 Å². The molecule has 94 heavy (non-hydrogen) atoms. The molecule has 0 amide bonds. The second-order valence-corrected chi connectivity index (χ2v) is 27.5. The van der Waals surface area contributed by atoms with E-state index in [9.17, 15) is 19.2 Å². The van der Waals surface area contributed by atoms with Crippen LogP contribution in [0.2, 0.25) is 15.5 Å². The van der Waals surface area contributed by atoms with Crippen molar-refractivity contribution >= 4 is 131 Å². The number of carbonyl (C=O) groups is 4. The van der Waals surface area contributed by atoms with Crippen LogP contribution in [0.3, 0.4) is 0 Å². The number of nitrogens with zero attached hydrogens (tertiary/aromatic N) is 9. The molecule has 0 saturated carbocycles. The quantitative estimate of drug-likeness (QED) is 0.0778. The summed E-state index contributed by atoms with van der Waals surface area (Å²) >= 11 is 23.1. The molecule has 6 aliphatic heterocycles. The van der Waals surface area contributed by atoms with Gasteiger partial charge in [0.25, 0.3) is 0 Å². The fraction of sp³-hybridized carbons (Fsp3) is 0.500. The lowest BCUT2D eigenvalue weighted by molar-refractivity contribution is 0.0934. The summed E-state index contributed by atoms with van der Waals surface area (Å²) < 4.78 is 49.1. The summed E-state index contributed by atoms with van der Waals surface area (Å²) in [6, 6.07) is 12.0. The van der Waals surface area contributed by atoms with E-state index >= 15 is 0 Å². The van der Waals surface area contributed by atoms with Crippen LogP contribution in [0.25, 0.3) is 6.08 Å². The van der Waals surface area contributed by atoms with E-state index in [2.05, 4.69) is 62.6 Å². The molecule has 1 unspecified atom stereocenters. The zero-order valence-corrected chi connectivity index (χ0v) is 57.6. The maximum atomic E-state index is 13.2. The zero-order valence-electron chi connectivity index (χ0n) is 52.9. The van der Waals surface area contributed by atoms with Crippen LogP contribution in [-0.4, -0.2) is 218 Å². The normalized spacial score (nSPS) is 20.0. The number of halogens is 3. The van der Waals surface area contributed by atoms with E-state index in [1.54, 1.807) is 32.7 Å². The molecule has 0 radical (unpaired) electrons. The lowest BCUT2D eigenvalue weighted by atomic mass is 10.0. The van der Waals surface area contributed by atoms with Gasteiger partial charge in [-0.2, -0.15) is 0 Å². The average molecular weight is 1410 g/mol. The summed E-state index contributed by atoms with van der Waals surface area (Å²) in [6.45, 7) is 18.4. The van der Waals surface area contributed by atoms with Crippen molar-refractivity contribution in [1.82, 2.24) is 15.0 Å². The van der Waals surface area contributed by atoms with Gasteiger partial charge in [0.2, 0.25) is 0 Å². The van der Waals surface area contributed by atoms with E-state index < -0.39 is 0 Å². The first-order valence-corrected chi connectivity index (χ1v) is 35.3. The van der Waals surface area contributed by atoms with Crippen molar-refractivity contribution < 1.29 is 61.8 Å². The van der Waals surface area contributed by atoms with Crippen molar-refractivity contribution in [2.75, 3.05) is 209 Å². The molecule has 28 heteroatoms. The summed E-state index contributed by atoms with van der Waals surface area (Å²) in [4.78, 5) is 77.4. The van der Waals surface area contributed by atoms with E-state index in [4.69, 9.17) is 77.4 Å². The van der Waals surface area contributed by atoms with Crippen molar-refractivity contribution in [1.29, 1.82) is 0 Å². The number of methoxy groups -OCH3 is 3. The van der Waals surface area contributed by atoms with E-state index in [1.807, 2.05) is 24.3 Å². The van der Waals surface area contributed by atoms with Crippen LogP contribution < -0.4 is 43.6 Å². The molecule has 22 nitrogen and oxygen atoms in total. The van der Waals surface area contributed by atoms with Crippen LogP contribution in [0.1, 0.15) is 73.6 Å². The number of allylic oxidation sites excluding steroid dienone is 1. The van der Waals surface area contributed by atoms with Gasteiger partial charge >= 0.3 is 0 Å². The van der Waals surface area contributed by atoms with Crippen molar-refractivity contribution in [3.05, 3.63) is 105 Å². The number of aromatic nitrogens is 3. The number of fused-ring (bicyclic) bond motifs is 3. The fourth-order valence-electron chi connectivity index (χ4n) is 12.7. The minimum atomic E-state index is -0.116. The summed E-state index contributed by atoms with van der Waals surface area (Å²) in [6.07, 6.45) is 6.04. The number of ketones is 3. The molecule has 3 aromatic heterocycles. The number of morpholine rings is 6. The lowest BCUT2D eigenvalue weighted by Crippen LogP contribution is -2.36. The number of carbonyl (C=O) groups excluding carboxylic acids is 4. The predicted molar refractivity (Wildman–Crippen MR) is 368 cm³/mol. The molecule has 1 atom stereocenters. The Morgan fingerprint density at radius 1 is 0.479 bits per heavy atom. The first-order valence-electron chi connectivity index (χ1n) is 31.7. The van der Waals surface area contributed by atoms with Gasteiger partial charge in [0.15, 0.2) is 44.2 Å². The van der Waals surface area contributed by atoms with Gasteiger partial charge < -0.3 is 72.0 Å². The summed E-state index contributed by atoms with van der Waals surface area (Å²) in [5, 5.41) is 3.85. The van der Waals surface area contributed by atoms with Crippen LogP contribution in [-0.2, 0) is 54.1 Å². The first-order chi connectivity index (χ1) is 45.9. The third-order valence-corrected chi connectivity index (χ3v) is 22.2. The number of aryl methyl sites for hydroxylation is 1. The number of hydrogen-bond donors (Lipinski definition) is 0. The molecule has 0 bridgehead atoms. The Labute approximate surface area is 573 Å². The van der Waals surface area contributed by atoms with Crippen LogP contribution in [0, 0.1) is 5.92 Å². The van der Waals surface area contributed by atoms with Crippen molar-refractivity contribution in [2.24, 2.45) is 5.92 Å². The monoisotopic (exact) mass is 1400 g/mol. The minimum absolute atomic E-state index is 0.0271. The van der Waals surface area contributed by atoms with Gasteiger partial charge in [-0.25, -0.2) is 15.0 Å². The second kappa shape index (κ2) is 31.8. The molecule has 6 aromatic rings. The highest BCUT2D eigenvalue weighted by Crippen LogP contribution is 2.43. The third kappa shape index (κ3) is 15.6. The van der Waals surface area contributed by atoms with E-state index in [-0.39, 0.29) is 23.3 Å². The molecule has 3 aliphatic carbocycles. The smallest absolute Gasteiger partial charge is 0.189 e. The molecule has 6 fully saturated rings. The van der Waals surface area contributed by atoms with Crippen molar-refractivity contribution in [3.63, 3.8) is 0 Å². The summed E-state index contributed by atoms with van der Waals surface area (Å²) in [5.74, 6) is 2.58. The van der Waals surface area contributed by atoms with Gasteiger partial charge in [0.1, 0.15) is 32.4 Å². The second-order valence-electron chi connectivity index (χ2n) is 23.3. The predicted octanol–water partition coefficient (Wildman–Crippen LogP) is 9.48. The molecule has 6 saturated heterocycles. The SMILES string of the molecule is COc1cc2c(cc1N1CCOCC1)C/C(=C\c1sc(N3CCOCC3)nc1Cl)C2=O.COc1cc2c(cc1N1CCOCC1)CC(Cc1sc(N3CCOCC3)nc1Cl)C2=O.COc1cc2c(cc1N1CCOCC1)CCC2=O.O=Cc1sc(N2CCOCC2)nc1Cl.